The Morgan fingerprint density at radius 2 is 1.56 bits per heavy atom. The Morgan fingerprint density at radius 1 is 1.00 bits per heavy atom. The lowest BCUT2D eigenvalue weighted by atomic mass is 10.4. The van der Waals surface area contributed by atoms with E-state index in [1.807, 2.05) is 0 Å². The van der Waals surface area contributed by atoms with Crippen molar-refractivity contribution in [3.05, 3.63) is 0 Å². The molecule has 0 saturated carbocycles. The minimum atomic E-state index is -1.99. The summed E-state index contributed by atoms with van der Waals surface area (Å²) < 4.78 is 11.4. The smallest absolute Gasteiger partial charge is 0.348 e. The van der Waals surface area contributed by atoms with Gasteiger partial charge in [0.15, 0.2) is 0 Å². The predicted octanol–water partition coefficient (Wildman–Crippen LogP) is 4.33. The molecule has 0 fully saturated rings. The number of thioether (sulfide) groups is 2. The Bertz CT molecular complexity index is 190. The summed E-state index contributed by atoms with van der Waals surface area (Å²) in [4.78, 5) is 0.543. The van der Waals surface area contributed by atoms with Crippen molar-refractivity contribution in [1.29, 1.82) is 0 Å². The quantitative estimate of drug-likeness (QED) is 0.394. The van der Waals surface area contributed by atoms with Gasteiger partial charge in [0, 0.05) is 20.0 Å². The molecule has 0 aromatic heterocycles. The highest BCUT2D eigenvalue weighted by molar-refractivity contribution is 8.04. The van der Waals surface area contributed by atoms with Gasteiger partial charge in [0.2, 0.25) is 0 Å². The van der Waals surface area contributed by atoms with E-state index in [0.717, 1.165) is 0 Å². The van der Waals surface area contributed by atoms with Crippen LogP contribution in [0.15, 0.2) is 0 Å². The monoisotopic (exact) mass is 310 g/mol. The van der Waals surface area contributed by atoms with Gasteiger partial charge in [0.25, 0.3) is 0 Å². The van der Waals surface area contributed by atoms with Crippen LogP contribution in [0.25, 0.3) is 0 Å². The average Bonchev–Trinajstić information content (AvgIpc) is 2.40. The van der Waals surface area contributed by atoms with Crippen molar-refractivity contribution in [1.82, 2.24) is 0 Å². The minimum absolute atomic E-state index is 0.543. The van der Waals surface area contributed by atoms with E-state index >= 15 is 0 Å². The number of hydrogen-bond acceptors (Lipinski definition) is 4. The first-order valence-corrected chi connectivity index (χ1v) is 11.5. The molecule has 0 rings (SSSR count). The summed E-state index contributed by atoms with van der Waals surface area (Å²) in [5.41, 5.74) is 0. The van der Waals surface area contributed by atoms with Crippen molar-refractivity contribution in [3.63, 3.8) is 0 Å². The molecule has 0 aliphatic rings. The minimum Gasteiger partial charge on any atom is -0.397 e. The third-order valence-corrected chi connectivity index (χ3v) is 10.7. The first kappa shape index (κ1) is 18.8. The summed E-state index contributed by atoms with van der Waals surface area (Å²) in [5, 5.41) is 0. The number of hydrogen-bond donors (Lipinski definition) is 0. The molecule has 18 heavy (non-hydrogen) atoms. The summed E-state index contributed by atoms with van der Waals surface area (Å²) in [6.45, 7) is 6.68. The van der Waals surface area contributed by atoms with Crippen LogP contribution in [-0.2, 0) is 8.85 Å². The van der Waals surface area contributed by atoms with Gasteiger partial charge in [0.05, 0.1) is 4.87 Å². The second kappa shape index (κ2) is 11.6. The molecule has 0 radical (unpaired) electrons. The van der Waals surface area contributed by atoms with Gasteiger partial charge in [-0.3, -0.25) is 0 Å². The van der Waals surface area contributed by atoms with E-state index in [1.54, 1.807) is 14.2 Å². The zero-order valence-corrected chi connectivity index (χ0v) is 15.3. The van der Waals surface area contributed by atoms with E-state index in [4.69, 9.17) is 8.85 Å². The zero-order valence-electron chi connectivity index (χ0n) is 12.7. The van der Waals surface area contributed by atoms with Crippen LogP contribution < -0.4 is 0 Å². The summed E-state index contributed by atoms with van der Waals surface area (Å²) in [6, 6.07) is 0. The van der Waals surface area contributed by atoms with Gasteiger partial charge >= 0.3 is 8.56 Å². The molecule has 0 saturated heterocycles. The summed E-state index contributed by atoms with van der Waals surface area (Å²) >= 11 is 4.11. The predicted molar refractivity (Wildman–Crippen MR) is 89.0 cm³/mol. The van der Waals surface area contributed by atoms with Crippen LogP contribution in [0.1, 0.15) is 39.5 Å². The van der Waals surface area contributed by atoms with Crippen molar-refractivity contribution in [3.8, 4) is 0 Å². The van der Waals surface area contributed by atoms with Crippen molar-refractivity contribution in [2.24, 2.45) is 0 Å². The van der Waals surface area contributed by atoms with Gasteiger partial charge in [-0.2, -0.15) is 23.5 Å². The van der Waals surface area contributed by atoms with Crippen molar-refractivity contribution in [2.75, 3.05) is 31.5 Å². The van der Waals surface area contributed by atoms with Gasteiger partial charge in [0.1, 0.15) is 0 Å². The first-order chi connectivity index (χ1) is 8.64. The van der Waals surface area contributed by atoms with E-state index in [2.05, 4.69) is 43.9 Å². The molecule has 0 aliphatic carbocycles. The largest absolute Gasteiger partial charge is 0.397 e. The fourth-order valence-corrected chi connectivity index (χ4v) is 8.19. The molecule has 0 spiro atoms. The number of rotatable bonds is 12. The van der Waals surface area contributed by atoms with Crippen molar-refractivity contribution in [2.45, 2.75) is 51.0 Å². The van der Waals surface area contributed by atoms with Crippen LogP contribution in [0.5, 0.6) is 0 Å². The van der Waals surface area contributed by atoms with E-state index in [0.29, 0.717) is 4.87 Å². The van der Waals surface area contributed by atoms with Crippen LogP contribution in [0.4, 0.5) is 0 Å². The van der Waals surface area contributed by atoms with Crippen molar-refractivity contribution < 1.29 is 8.85 Å². The fourth-order valence-electron chi connectivity index (χ4n) is 1.50. The molecule has 0 bridgehead atoms. The SMILES string of the molecule is CCCCSCC(SCCCC)[Si](C)(OC)OC. The fraction of sp³-hybridized carbons (Fsp3) is 1.00. The Kier molecular flexibility index (Phi) is 12.2. The second-order valence-electron chi connectivity index (χ2n) is 4.57. The molecule has 0 amide bonds. The molecule has 0 heterocycles. The first-order valence-electron chi connectivity index (χ1n) is 6.94. The highest BCUT2D eigenvalue weighted by Gasteiger charge is 2.39. The maximum atomic E-state index is 5.72. The number of unbranched alkanes of at least 4 members (excludes halogenated alkanes) is 2. The second-order valence-corrected chi connectivity index (χ2v) is 11.0. The Labute approximate surface area is 123 Å². The Morgan fingerprint density at radius 3 is 2.06 bits per heavy atom. The normalized spacial score (nSPS) is 13.8. The third kappa shape index (κ3) is 7.43. The molecule has 0 aromatic rings. The van der Waals surface area contributed by atoms with E-state index < -0.39 is 8.56 Å². The molecule has 1 unspecified atom stereocenters. The van der Waals surface area contributed by atoms with Crippen LogP contribution in [0.2, 0.25) is 6.55 Å². The van der Waals surface area contributed by atoms with Gasteiger partial charge in [-0.25, -0.2) is 0 Å². The highest BCUT2D eigenvalue weighted by atomic mass is 32.2. The highest BCUT2D eigenvalue weighted by Crippen LogP contribution is 2.28. The van der Waals surface area contributed by atoms with Gasteiger partial charge in [-0.05, 0) is 30.9 Å². The van der Waals surface area contributed by atoms with Crippen LogP contribution in [0.3, 0.4) is 0 Å². The third-order valence-electron chi connectivity index (χ3n) is 3.12. The maximum absolute atomic E-state index is 5.72. The standard InChI is InChI=1S/C13H30O2S2Si/c1-6-8-10-16-12-13(17-11-9-7-2)18(5,14-3)15-4/h13H,6-12H2,1-5H3. The molecule has 1 atom stereocenters. The summed E-state index contributed by atoms with van der Waals surface area (Å²) in [7, 11) is 1.62. The topological polar surface area (TPSA) is 18.5 Å². The van der Waals surface area contributed by atoms with Gasteiger partial charge in [-0.1, -0.05) is 26.7 Å². The van der Waals surface area contributed by atoms with Crippen LogP contribution >= 0.6 is 23.5 Å². The Balaban J connectivity index is 4.22. The van der Waals surface area contributed by atoms with E-state index in [9.17, 15) is 0 Å². The lowest BCUT2D eigenvalue weighted by Crippen LogP contribution is -2.49. The van der Waals surface area contributed by atoms with Crippen LogP contribution in [-0.4, -0.2) is 44.9 Å². The molecular formula is C13H30O2S2Si. The zero-order chi connectivity index (χ0) is 13.9. The molecule has 0 aliphatic heterocycles. The molecule has 0 aromatic carbocycles. The molecule has 5 heteroatoms. The molecule has 0 N–H and O–H groups in total. The van der Waals surface area contributed by atoms with E-state index in [1.165, 1.54) is 42.9 Å². The van der Waals surface area contributed by atoms with Crippen molar-refractivity contribution >= 4 is 32.1 Å². The lowest BCUT2D eigenvalue weighted by molar-refractivity contribution is 0.249. The maximum Gasteiger partial charge on any atom is 0.348 e. The average molecular weight is 311 g/mol. The van der Waals surface area contributed by atoms with Crippen LogP contribution in [0, 0.1) is 0 Å². The molecule has 110 valence electrons. The van der Waals surface area contributed by atoms with E-state index in [-0.39, 0.29) is 0 Å². The molecule has 2 nitrogen and oxygen atoms in total. The van der Waals surface area contributed by atoms with Gasteiger partial charge in [-0.15, -0.1) is 0 Å². The van der Waals surface area contributed by atoms with Gasteiger partial charge < -0.3 is 8.85 Å². The Hall–Kier alpha value is 0.837. The summed E-state index contributed by atoms with van der Waals surface area (Å²) in [6.07, 6.45) is 5.15. The summed E-state index contributed by atoms with van der Waals surface area (Å²) in [5.74, 6) is 3.66. The molecular weight excluding hydrogens is 280 g/mol. The lowest BCUT2D eigenvalue weighted by Gasteiger charge is -2.31.